The molecule has 0 saturated heterocycles. The summed E-state index contributed by atoms with van der Waals surface area (Å²) < 4.78 is 4.76. The van der Waals surface area contributed by atoms with Crippen molar-refractivity contribution in [2.45, 2.75) is 52.4 Å². The van der Waals surface area contributed by atoms with Crippen molar-refractivity contribution in [1.82, 2.24) is 0 Å². The maximum atomic E-state index is 11.6. The highest BCUT2D eigenvalue weighted by Crippen LogP contribution is 2.30. The van der Waals surface area contributed by atoms with E-state index < -0.39 is 0 Å². The molecule has 0 amide bonds. The predicted molar refractivity (Wildman–Crippen MR) is 62.0 cm³/mol. The lowest BCUT2D eigenvalue weighted by atomic mass is 9.80. The van der Waals surface area contributed by atoms with Gasteiger partial charge in [0.15, 0.2) is 0 Å². The Labute approximate surface area is 97.5 Å². The molecule has 0 N–H and O–H groups in total. The van der Waals surface area contributed by atoms with E-state index in [1.165, 1.54) is 12.8 Å². The first-order valence-electron chi connectivity index (χ1n) is 6.29. The van der Waals surface area contributed by atoms with Crippen molar-refractivity contribution in [1.29, 1.82) is 0 Å². The third kappa shape index (κ3) is 4.77. The van der Waals surface area contributed by atoms with Gasteiger partial charge in [0, 0.05) is 6.42 Å². The summed E-state index contributed by atoms with van der Waals surface area (Å²) in [4.78, 5) is 22.7. The normalized spacial score (nSPS) is 25.1. The van der Waals surface area contributed by atoms with E-state index in [4.69, 9.17) is 4.74 Å². The van der Waals surface area contributed by atoms with Crippen LogP contribution in [0.1, 0.15) is 52.4 Å². The van der Waals surface area contributed by atoms with Crippen LogP contribution in [0, 0.1) is 11.8 Å². The highest BCUT2D eigenvalue weighted by Gasteiger charge is 2.21. The maximum Gasteiger partial charge on any atom is 0.313 e. The van der Waals surface area contributed by atoms with E-state index >= 15 is 0 Å². The molecule has 1 rings (SSSR count). The molecule has 0 heterocycles. The van der Waals surface area contributed by atoms with Gasteiger partial charge in [-0.1, -0.05) is 19.8 Å². The van der Waals surface area contributed by atoms with Crippen LogP contribution < -0.4 is 0 Å². The largest absolute Gasteiger partial charge is 0.466 e. The number of Topliss-reactive ketones (excluding diaryl/α,β-unsaturated/α-hetero) is 1. The minimum atomic E-state index is -0.378. The molecule has 3 nitrogen and oxygen atoms in total. The van der Waals surface area contributed by atoms with Gasteiger partial charge < -0.3 is 4.74 Å². The molecule has 1 fully saturated rings. The van der Waals surface area contributed by atoms with Crippen LogP contribution in [0.4, 0.5) is 0 Å². The van der Waals surface area contributed by atoms with Crippen LogP contribution in [0.5, 0.6) is 0 Å². The average Bonchev–Trinajstić information content (AvgIpc) is 2.21. The molecule has 0 unspecified atom stereocenters. The van der Waals surface area contributed by atoms with Crippen molar-refractivity contribution >= 4 is 11.8 Å². The van der Waals surface area contributed by atoms with E-state index in [1.807, 2.05) is 0 Å². The number of ketones is 1. The number of ether oxygens (including phenoxy) is 1. The topological polar surface area (TPSA) is 43.4 Å². The Morgan fingerprint density at radius 2 is 1.81 bits per heavy atom. The standard InChI is InChI=1S/C13H22O3/c1-3-16-13(15)9-12(14)8-11-6-4-10(2)5-7-11/h10-11H,3-9H2,1-2H3. The fraction of sp³-hybridized carbons (Fsp3) is 0.846. The molecule has 0 aliphatic heterocycles. The fourth-order valence-corrected chi connectivity index (χ4v) is 2.30. The third-order valence-electron chi connectivity index (χ3n) is 3.30. The summed E-state index contributed by atoms with van der Waals surface area (Å²) in [5.74, 6) is 0.962. The molecule has 3 heteroatoms. The van der Waals surface area contributed by atoms with Crippen molar-refractivity contribution < 1.29 is 14.3 Å². The van der Waals surface area contributed by atoms with Gasteiger partial charge in [0.05, 0.1) is 6.61 Å². The Hall–Kier alpha value is -0.860. The quantitative estimate of drug-likeness (QED) is 0.534. The number of esters is 1. The number of carbonyl (C=O) groups excluding carboxylic acids is 2. The molecule has 1 aliphatic rings. The molecule has 0 bridgehead atoms. The fourth-order valence-electron chi connectivity index (χ4n) is 2.30. The summed E-state index contributed by atoms with van der Waals surface area (Å²) in [6, 6.07) is 0. The molecular weight excluding hydrogens is 204 g/mol. The van der Waals surface area contributed by atoms with Gasteiger partial charge in [-0.3, -0.25) is 9.59 Å². The first-order valence-corrected chi connectivity index (χ1v) is 6.29. The number of hydrogen-bond acceptors (Lipinski definition) is 3. The molecule has 0 radical (unpaired) electrons. The number of hydrogen-bond donors (Lipinski definition) is 0. The maximum absolute atomic E-state index is 11.6. The highest BCUT2D eigenvalue weighted by atomic mass is 16.5. The Balaban J connectivity index is 2.21. The second kappa shape index (κ2) is 6.66. The Morgan fingerprint density at radius 1 is 1.19 bits per heavy atom. The van der Waals surface area contributed by atoms with Gasteiger partial charge in [0.1, 0.15) is 12.2 Å². The molecule has 92 valence electrons. The van der Waals surface area contributed by atoms with Gasteiger partial charge in [0.25, 0.3) is 0 Å². The SMILES string of the molecule is CCOC(=O)CC(=O)CC1CCC(C)CC1. The van der Waals surface area contributed by atoms with Gasteiger partial charge in [-0.05, 0) is 31.6 Å². The summed E-state index contributed by atoms with van der Waals surface area (Å²) in [5.41, 5.74) is 0. The summed E-state index contributed by atoms with van der Waals surface area (Å²) in [5, 5.41) is 0. The molecule has 0 aromatic carbocycles. The average molecular weight is 226 g/mol. The van der Waals surface area contributed by atoms with Crippen LogP contribution in [-0.2, 0) is 14.3 Å². The minimum absolute atomic E-state index is 0.0398. The lowest BCUT2D eigenvalue weighted by Gasteiger charge is -2.25. The predicted octanol–water partition coefficient (Wildman–Crippen LogP) is 2.73. The Bertz CT molecular complexity index is 240. The smallest absolute Gasteiger partial charge is 0.313 e. The molecule has 1 saturated carbocycles. The highest BCUT2D eigenvalue weighted by molar-refractivity contribution is 5.95. The van der Waals surface area contributed by atoms with Gasteiger partial charge >= 0.3 is 5.97 Å². The lowest BCUT2D eigenvalue weighted by Crippen LogP contribution is -2.18. The molecule has 0 aromatic rings. The first-order chi connectivity index (χ1) is 7.61. The van der Waals surface area contributed by atoms with E-state index in [2.05, 4.69) is 6.92 Å². The Kier molecular flexibility index (Phi) is 5.50. The molecule has 0 aromatic heterocycles. The molecular formula is C13H22O3. The molecule has 16 heavy (non-hydrogen) atoms. The summed E-state index contributed by atoms with van der Waals surface area (Å²) >= 11 is 0. The van der Waals surface area contributed by atoms with Gasteiger partial charge in [-0.2, -0.15) is 0 Å². The number of carbonyl (C=O) groups is 2. The third-order valence-corrected chi connectivity index (χ3v) is 3.30. The van der Waals surface area contributed by atoms with E-state index in [-0.39, 0.29) is 18.2 Å². The van der Waals surface area contributed by atoms with Crippen LogP contribution in [0.15, 0.2) is 0 Å². The van der Waals surface area contributed by atoms with Gasteiger partial charge in [-0.15, -0.1) is 0 Å². The second-order valence-corrected chi connectivity index (χ2v) is 4.85. The molecule has 1 aliphatic carbocycles. The van der Waals surface area contributed by atoms with Crippen LogP contribution in [-0.4, -0.2) is 18.4 Å². The lowest BCUT2D eigenvalue weighted by molar-refractivity contribution is -0.145. The second-order valence-electron chi connectivity index (χ2n) is 4.85. The van der Waals surface area contributed by atoms with E-state index in [0.717, 1.165) is 18.8 Å². The van der Waals surface area contributed by atoms with Crippen LogP contribution in [0.25, 0.3) is 0 Å². The monoisotopic (exact) mass is 226 g/mol. The van der Waals surface area contributed by atoms with E-state index in [1.54, 1.807) is 6.92 Å². The summed E-state index contributed by atoms with van der Waals surface area (Å²) in [6.45, 7) is 4.37. The van der Waals surface area contributed by atoms with E-state index in [0.29, 0.717) is 18.9 Å². The summed E-state index contributed by atoms with van der Waals surface area (Å²) in [6.07, 6.45) is 5.23. The van der Waals surface area contributed by atoms with Crippen molar-refractivity contribution in [2.24, 2.45) is 11.8 Å². The van der Waals surface area contributed by atoms with Gasteiger partial charge in [0.2, 0.25) is 0 Å². The Morgan fingerprint density at radius 3 is 2.38 bits per heavy atom. The first kappa shape index (κ1) is 13.2. The van der Waals surface area contributed by atoms with Gasteiger partial charge in [-0.25, -0.2) is 0 Å². The van der Waals surface area contributed by atoms with Crippen LogP contribution >= 0.6 is 0 Å². The van der Waals surface area contributed by atoms with Crippen molar-refractivity contribution in [3.63, 3.8) is 0 Å². The van der Waals surface area contributed by atoms with Crippen LogP contribution in [0.2, 0.25) is 0 Å². The van der Waals surface area contributed by atoms with Crippen molar-refractivity contribution in [3.8, 4) is 0 Å². The van der Waals surface area contributed by atoms with Crippen molar-refractivity contribution in [2.75, 3.05) is 6.61 Å². The van der Waals surface area contributed by atoms with Crippen LogP contribution in [0.3, 0.4) is 0 Å². The molecule has 0 spiro atoms. The van der Waals surface area contributed by atoms with E-state index in [9.17, 15) is 9.59 Å². The zero-order valence-corrected chi connectivity index (χ0v) is 10.3. The van der Waals surface area contributed by atoms with Crippen molar-refractivity contribution in [3.05, 3.63) is 0 Å². The number of rotatable bonds is 5. The molecule has 0 atom stereocenters. The summed E-state index contributed by atoms with van der Waals surface area (Å²) in [7, 11) is 0. The zero-order valence-electron chi connectivity index (χ0n) is 10.3. The zero-order chi connectivity index (χ0) is 12.0. The minimum Gasteiger partial charge on any atom is -0.466 e.